The molecule has 1 aliphatic rings. The lowest BCUT2D eigenvalue weighted by molar-refractivity contribution is 0.315. The van der Waals surface area contributed by atoms with E-state index in [4.69, 9.17) is 5.21 Å². The van der Waals surface area contributed by atoms with Gasteiger partial charge in [-0.3, -0.25) is 0 Å². The van der Waals surface area contributed by atoms with Crippen LogP contribution in [-0.4, -0.2) is 15.7 Å². The summed E-state index contributed by atoms with van der Waals surface area (Å²) in [6.07, 6.45) is 4.47. The number of oxime groups is 1. The summed E-state index contributed by atoms with van der Waals surface area (Å²) in [4.78, 5) is 0.330. The number of alkyl halides is 1. The maximum absolute atomic E-state index is 8.42. The van der Waals surface area contributed by atoms with Crippen LogP contribution in [0.5, 0.6) is 0 Å². The smallest absolute Gasteiger partial charge is 0.0706 e. The van der Waals surface area contributed by atoms with E-state index in [1.165, 1.54) is 12.8 Å². The highest BCUT2D eigenvalue weighted by molar-refractivity contribution is 9.10. The first-order valence-electron chi connectivity index (χ1n) is 3.19. The third kappa shape index (κ3) is 1.68. The van der Waals surface area contributed by atoms with Crippen LogP contribution in [0.1, 0.15) is 25.7 Å². The maximum atomic E-state index is 8.42. The second kappa shape index (κ2) is 3.20. The molecule has 1 aliphatic carbocycles. The Morgan fingerprint density at radius 1 is 1.56 bits per heavy atom. The van der Waals surface area contributed by atoms with E-state index in [1.54, 1.807) is 0 Å². The van der Waals surface area contributed by atoms with Crippen LogP contribution >= 0.6 is 15.9 Å². The molecule has 0 aromatic carbocycles. The summed E-state index contributed by atoms with van der Waals surface area (Å²) in [5, 5.41) is 11.6. The first kappa shape index (κ1) is 7.06. The fourth-order valence-corrected chi connectivity index (χ4v) is 1.71. The summed E-state index contributed by atoms with van der Waals surface area (Å²) in [6, 6.07) is 0. The van der Waals surface area contributed by atoms with E-state index < -0.39 is 0 Å². The maximum Gasteiger partial charge on any atom is 0.0706 e. The molecular weight excluding hydrogens is 182 g/mol. The standard InChI is InChI=1S/C6H10BrNO/c7-5-3-1-2-4-6(5)8-9/h5,9H,1-4H2/b8-6-. The molecule has 52 valence electrons. The Morgan fingerprint density at radius 2 is 2.33 bits per heavy atom. The van der Waals surface area contributed by atoms with Gasteiger partial charge >= 0.3 is 0 Å². The largest absolute Gasteiger partial charge is 0.411 e. The van der Waals surface area contributed by atoms with Gasteiger partial charge < -0.3 is 5.21 Å². The summed E-state index contributed by atoms with van der Waals surface area (Å²) in [6.45, 7) is 0. The summed E-state index contributed by atoms with van der Waals surface area (Å²) in [5.41, 5.74) is 0.904. The number of rotatable bonds is 0. The van der Waals surface area contributed by atoms with Gasteiger partial charge in [-0.05, 0) is 19.3 Å². The molecule has 1 unspecified atom stereocenters. The molecule has 9 heavy (non-hydrogen) atoms. The molecule has 2 nitrogen and oxygen atoms in total. The highest BCUT2D eigenvalue weighted by Gasteiger charge is 2.16. The molecule has 1 saturated carbocycles. The van der Waals surface area contributed by atoms with Gasteiger partial charge in [0.25, 0.3) is 0 Å². The van der Waals surface area contributed by atoms with Crippen molar-refractivity contribution in [1.82, 2.24) is 0 Å². The molecule has 1 N–H and O–H groups in total. The van der Waals surface area contributed by atoms with Crippen LogP contribution in [0.25, 0.3) is 0 Å². The van der Waals surface area contributed by atoms with Crippen molar-refractivity contribution in [1.29, 1.82) is 0 Å². The normalized spacial score (nSPS) is 33.0. The monoisotopic (exact) mass is 191 g/mol. The van der Waals surface area contributed by atoms with Gasteiger partial charge in [0.2, 0.25) is 0 Å². The van der Waals surface area contributed by atoms with Gasteiger partial charge in [0.1, 0.15) is 0 Å². The van der Waals surface area contributed by atoms with Gasteiger partial charge in [-0.15, -0.1) is 0 Å². The number of nitrogens with zero attached hydrogens (tertiary/aromatic N) is 1. The summed E-state index contributed by atoms with van der Waals surface area (Å²) in [7, 11) is 0. The summed E-state index contributed by atoms with van der Waals surface area (Å²) >= 11 is 3.42. The SMILES string of the molecule is O/N=C1/CCCCC1Br. The lowest BCUT2D eigenvalue weighted by Crippen LogP contribution is -2.18. The highest BCUT2D eigenvalue weighted by atomic mass is 79.9. The van der Waals surface area contributed by atoms with E-state index >= 15 is 0 Å². The molecule has 0 aliphatic heterocycles. The van der Waals surface area contributed by atoms with Crippen LogP contribution in [0.2, 0.25) is 0 Å². The molecule has 3 heteroatoms. The van der Waals surface area contributed by atoms with Gasteiger partial charge in [0, 0.05) is 0 Å². The molecule has 1 rings (SSSR count). The van der Waals surface area contributed by atoms with Gasteiger partial charge in [-0.25, -0.2) is 0 Å². The van der Waals surface area contributed by atoms with Crippen molar-refractivity contribution in [3.05, 3.63) is 0 Å². The number of halogens is 1. The molecule has 0 radical (unpaired) electrons. The second-order valence-corrected chi connectivity index (χ2v) is 3.41. The Morgan fingerprint density at radius 3 is 2.78 bits per heavy atom. The van der Waals surface area contributed by atoms with Crippen LogP contribution in [-0.2, 0) is 0 Å². The second-order valence-electron chi connectivity index (χ2n) is 2.30. The van der Waals surface area contributed by atoms with Gasteiger partial charge in [-0.1, -0.05) is 27.5 Å². The Bertz CT molecular complexity index is 124. The molecular formula is C6H10BrNO. The highest BCUT2D eigenvalue weighted by Crippen LogP contribution is 2.21. The predicted molar refractivity (Wildman–Crippen MR) is 40.4 cm³/mol. The minimum atomic E-state index is 0.330. The zero-order valence-electron chi connectivity index (χ0n) is 5.18. The molecule has 0 spiro atoms. The molecule has 0 aromatic rings. The third-order valence-electron chi connectivity index (χ3n) is 1.63. The quantitative estimate of drug-likeness (QED) is 0.356. The lowest BCUT2D eigenvalue weighted by atomic mass is 9.99. The average molecular weight is 192 g/mol. The van der Waals surface area contributed by atoms with E-state index in [-0.39, 0.29) is 0 Å². The first-order valence-corrected chi connectivity index (χ1v) is 4.11. The van der Waals surface area contributed by atoms with E-state index in [1.807, 2.05) is 0 Å². The Kier molecular flexibility index (Phi) is 2.51. The van der Waals surface area contributed by atoms with Crippen molar-refractivity contribution in [3.8, 4) is 0 Å². The Labute approximate surface area is 63.1 Å². The third-order valence-corrected chi connectivity index (χ3v) is 2.62. The molecule has 1 atom stereocenters. The molecule has 0 saturated heterocycles. The van der Waals surface area contributed by atoms with Crippen molar-refractivity contribution >= 4 is 21.6 Å². The van der Waals surface area contributed by atoms with Crippen molar-refractivity contribution in [3.63, 3.8) is 0 Å². The molecule has 1 fully saturated rings. The Balaban J connectivity index is 2.49. The number of hydrogen-bond acceptors (Lipinski definition) is 2. The number of hydrogen-bond donors (Lipinski definition) is 1. The minimum Gasteiger partial charge on any atom is -0.411 e. The Hall–Kier alpha value is -0.0500. The first-order chi connectivity index (χ1) is 4.34. The van der Waals surface area contributed by atoms with Crippen molar-refractivity contribution < 1.29 is 5.21 Å². The fourth-order valence-electron chi connectivity index (χ4n) is 1.07. The zero-order valence-corrected chi connectivity index (χ0v) is 6.76. The lowest BCUT2D eigenvalue weighted by Gasteiger charge is -2.16. The van der Waals surface area contributed by atoms with Crippen molar-refractivity contribution in [2.75, 3.05) is 0 Å². The van der Waals surface area contributed by atoms with Crippen LogP contribution in [0, 0.1) is 0 Å². The van der Waals surface area contributed by atoms with E-state index in [9.17, 15) is 0 Å². The van der Waals surface area contributed by atoms with E-state index in [0.717, 1.165) is 18.6 Å². The van der Waals surface area contributed by atoms with E-state index in [2.05, 4.69) is 21.1 Å². The van der Waals surface area contributed by atoms with Crippen LogP contribution in [0.15, 0.2) is 5.16 Å². The molecule has 0 amide bonds. The molecule has 0 heterocycles. The summed E-state index contributed by atoms with van der Waals surface area (Å²) < 4.78 is 0. The van der Waals surface area contributed by atoms with Crippen LogP contribution < -0.4 is 0 Å². The minimum absolute atomic E-state index is 0.330. The van der Waals surface area contributed by atoms with E-state index in [0.29, 0.717) is 4.83 Å². The topological polar surface area (TPSA) is 32.6 Å². The molecule has 0 aromatic heterocycles. The van der Waals surface area contributed by atoms with Crippen molar-refractivity contribution in [2.24, 2.45) is 5.16 Å². The van der Waals surface area contributed by atoms with Gasteiger partial charge in [-0.2, -0.15) is 0 Å². The van der Waals surface area contributed by atoms with Crippen molar-refractivity contribution in [2.45, 2.75) is 30.5 Å². The van der Waals surface area contributed by atoms with Gasteiger partial charge in [0.05, 0.1) is 10.5 Å². The van der Waals surface area contributed by atoms with Gasteiger partial charge in [0.15, 0.2) is 0 Å². The fraction of sp³-hybridized carbons (Fsp3) is 0.833. The van der Waals surface area contributed by atoms with Crippen LogP contribution in [0.4, 0.5) is 0 Å². The average Bonchev–Trinajstić information content (AvgIpc) is 1.89. The predicted octanol–water partition coefficient (Wildman–Crippen LogP) is 2.15. The van der Waals surface area contributed by atoms with Crippen LogP contribution in [0.3, 0.4) is 0 Å². The summed E-state index contributed by atoms with van der Waals surface area (Å²) in [5.74, 6) is 0. The zero-order chi connectivity index (χ0) is 6.69. The molecule has 0 bridgehead atoms.